The van der Waals surface area contributed by atoms with Gasteiger partial charge in [-0.05, 0) is 49.8 Å². The van der Waals surface area contributed by atoms with Gasteiger partial charge >= 0.3 is 6.03 Å². The maximum absolute atomic E-state index is 13.3. The molecule has 0 aliphatic heterocycles. The van der Waals surface area contributed by atoms with Crippen LogP contribution in [0.1, 0.15) is 46.1 Å². The predicted molar refractivity (Wildman–Crippen MR) is 86.1 cm³/mol. The first-order chi connectivity index (χ1) is 10.2. The van der Waals surface area contributed by atoms with Crippen LogP contribution >= 0.6 is 0 Å². The van der Waals surface area contributed by atoms with Gasteiger partial charge in [-0.2, -0.15) is 0 Å². The monoisotopic (exact) mass is 310 g/mol. The Hall–Kier alpha value is -1.62. The van der Waals surface area contributed by atoms with Crippen molar-refractivity contribution >= 4 is 6.03 Å². The molecule has 1 aromatic rings. The summed E-state index contributed by atoms with van der Waals surface area (Å²) >= 11 is 0. The van der Waals surface area contributed by atoms with Crippen LogP contribution in [-0.4, -0.2) is 24.3 Å². The average molecular weight is 310 g/mol. The number of benzene rings is 1. The highest BCUT2D eigenvalue weighted by molar-refractivity contribution is 5.74. The van der Waals surface area contributed by atoms with Crippen LogP contribution in [0.4, 0.5) is 9.18 Å². The fourth-order valence-corrected chi connectivity index (χ4v) is 2.13. The van der Waals surface area contributed by atoms with Crippen LogP contribution in [0.3, 0.4) is 0 Å². The normalized spacial score (nSPS) is 12.1. The first-order valence-electron chi connectivity index (χ1n) is 7.59. The molecule has 124 valence electrons. The Morgan fingerprint density at radius 1 is 1.27 bits per heavy atom. The largest absolute Gasteiger partial charge is 0.396 e. The molecule has 22 heavy (non-hydrogen) atoms. The molecule has 1 rings (SSSR count). The molecule has 0 unspecified atom stereocenters. The first kappa shape index (κ1) is 18.4. The molecule has 0 aliphatic rings. The van der Waals surface area contributed by atoms with Gasteiger partial charge in [-0.3, -0.25) is 0 Å². The van der Waals surface area contributed by atoms with Crippen LogP contribution in [0.25, 0.3) is 0 Å². The van der Waals surface area contributed by atoms with Crippen LogP contribution < -0.4 is 10.6 Å². The van der Waals surface area contributed by atoms with E-state index in [2.05, 4.69) is 10.6 Å². The van der Waals surface area contributed by atoms with E-state index in [0.717, 1.165) is 12.8 Å². The summed E-state index contributed by atoms with van der Waals surface area (Å²) in [4.78, 5) is 11.9. The third-order valence-electron chi connectivity index (χ3n) is 3.72. The van der Waals surface area contributed by atoms with E-state index in [1.54, 1.807) is 12.1 Å². The third-order valence-corrected chi connectivity index (χ3v) is 3.72. The molecule has 3 N–H and O–H groups in total. The second kappa shape index (κ2) is 7.58. The highest BCUT2D eigenvalue weighted by Gasteiger charge is 2.23. The Bertz CT molecular complexity index is 501. The minimum absolute atomic E-state index is 0.126. The summed E-state index contributed by atoms with van der Waals surface area (Å²) in [6.45, 7) is 8.30. The standard InChI is InChI=1S/C17H27FN2O2/c1-16(2,12-21)9-6-10-19-15(22)20-17(3,4)13-7-5-8-14(18)11-13/h5,7-8,11,21H,6,9-10,12H2,1-4H3,(H2,19,20,22). The van der Waals surface area contributed by atoms with E-state index in [9.17, 15) is 14.3 Å². The Kier molecular flexibility index (Phi) is 6.35. The van der Waals surface area contributed by atoms with Gasteiger partial charge in [0.2, 0.25) is 0 Å². The molecule has 0 radical (unpaired) electrons. The van der Waals surface area contributed by atoms with E-state index in [-0.39, 0.29) is 23.9 Å². The van der Waals surface area contributed by atoms with E-state index in [4.69, 9.17) is 0 Å². The van der Waals surface area contributed by atoms with Crippen LogP contribution in [-0.2, 0) is 5.54 Å². The fourth-order valence-electron chi connectivity index (χ4n) is 2.13. The van der Waals surface area contributed by atoms with Gasteiger partial charge in [0, 0.05) is 13.2 Å². The number of halogens is 1. The van der Waals surface area contributed by atoms with Crippen molar-refractivity contribution in [2.24, 2.45) is 5.41 Å². The van der Waals surface area contributed by atoms with E-state index in [1.165, 1.54) is 12.1 Å². The molecule has 2 amide bonds. The highest BCUT2D eigenvalue weighted by Crippen LogP contribution is 2.21. The second-order valence-electron chi connectivity index (χ2n) is 6.94. The molecule has 0 aromatic heterocycles. The van der Waals surface area contributed by atoms with Gasteiger partial charge in [0.15, 0.2) is 0 Å². The number of aliphatic hydroxyl groups is 1. The molecule has 0 heterocycles. The molecule has 0 bridgehead atoms. The van der Waals surface area contributed by atoms with Gasteiger partial charge in [0.1, 0.15) is 5.82 Å². The van der Waals surface area contributed by atoms with Crippen molar-refractivity contribution < 1.29 is 14.3 Å². The van der Waals surface area contributed by atoms with E-state index >= 15 is 0 Å². The van der Waals surface area contributed by atoms with Crippen molar-refractivity contribution in [1.29, 1.82) is 0 Å². The first-order valence-corrected chi connectivity index (χ1v) is 7.59. The molecule has 0 saturated heterocycles. The van der Waals surface area contributed by atoms with Crippen LogP contribution in [0.15, 0.2) is 24.3 Å². The summed E-state index contributed by atoms with van der Waals surface area (Å²) < 4.78 is 13.3. The van der Waals surface area contributed by atoms with E-state index < -0.39 is 5.54 Å². The summed E-state index contributed by atoms with van der Waals surface area (Å²) in [7, 11) is 0. The number of aliphatic hydroxyl groups excluding tert-OH is 1. The van der Waals surface area contributed by atoms with E-state index in [0.29, 0.717) is 12.1 Å². The molecule has 0 aliphatic carbocycles. The Balaban J connectivity index is 2.44. The lowest BCUT2D eigenvalue weighted by atomic mass is 9.89. The summed E-state index contributed by atoms with van der Waals surface area (Å²) in [6.07, 6.45) is 1.62. The van der Waals surface area contributed by atoms with Crippen molar-refractivity contribution in [2.75, 3.05) is 13.2 Å². The maximum Gasteiger partial charge on any atom is 0.315 e. The summed E-state index contributed by atoms with van der Waals surface area (Å²) in [6, 6.07) is 5.93. The fraction of sp³-hybridized carbons (Fsp3) is 0.588. The molecule has 0 atom stereocenters. The van der Waals surface area contributed by atoms with Crippen LogP contribution in [0.5, 0.6) is 0 Å². The predicted octanol–water partition coefficient (Wildman–Crippen LogP) is 3.16. The quantitative estimate of drug-likeness (QED) is 0.678. The summed E-state index contributed by atoms with van der Waals surface area (Å²) in [5, 5.41) is 14.8. The van der Waals surface area contributed by atoms with Gasteiger partial charge in [-0.15, -0.1) is 0 Å². The zero-order chi connectivity index (χ0) is 16.8. The average Bonchev–Trinajstić information content (AvgIpc) is 2.43. The van der Waals surface area contributed by atoms with Gasteiger partial charge in [-0.1, -0.05) is 26.0 Å². The van der Waals surface area contributed by atoms with Gasteiger partial charge in [0.05, 0.1) is 5.54 Å². The highest BCUT2D eigenvalue weighted by atomic mass is 19.1. The number of urea groups is 1. The van der Waals surface area contributed by atoms with Crippen molar-refractivity contribution in [3.05, 3.63) is 35.6 Å². The molecule has 0 fully saturated rings. The number of hydrogen-bond acceptors (Lipinski definition) is 2. The van der Waals surface area contributed by atoms with Gasteiger partial charge < -0.3 is 15.7 Å². The number of carbonyl (C=O) groups excluding carboxylic acids is 1. The van der Waals surface area contributed by atoms with Crippen molar-refractivity contribution in [3.63, 3.8) is 0 Å². The van der Waals surface area contributed by atoms with Gasteiger partial charge in [0.25, 0.3) is 0 Å². The lowest BCUT2D eigenvalue weighted by Crippen LogP contribution is -2.46. The lowest BCUT2D eigenvalue weighted by molar-refractivity contribution is 0.148. The topological polar surface area (TPSA) is 61.4 Å². The minimum atomic E-state index is -0.656. The summed E-state index contributed by atoms with van der Waals surface area (Å²) in [5.74, 6) is -0.320. The molecule has 4 nitrogen and oxygen atoms in total. The minimum Gasteiger partial charge on any atom is -0.396 e. The van der Waals surface area contributed by atoms with Crippen LogP contribution in [0, 0.1) is 11.2 Å². The second-order valence-corrected chi connectivity index (χ2v) is 6.94. The number of nitrogens with one attached hydrogen (secondary N) is 2. The molecule has 0 spiro atoms. The molecule has 5 heteroatoms. The number of carbonyl (C=O) groups is 1. The number of amides is 2. The van der Waals surface area contributed by atoms with E-state index in [1.807, 2.05) is 27.7 Å². The Labute approximate surface area is 132 Å². The Morgan fingerprint density at radius 3 is 2.55 bits per heavy atom. The lowest BCUT2D eigenvalue weighted by Gasteiger charge is -2.27. The number of rotatable bonds is 7. The van der Waals surface area contributed by atoms with Crippen LogP contribution in [0.2, 0.25) is 0 Å². The maximum atomic E-state index is 13.3. The SMILES string of the molecule is CC(C)(CO)CCCNC(=O)NC(C)(C)c1cccc(F)c1. The van der Waals surface area contributed by atoms with Crippen molar-refractivity contribution in [1.82, 2.24) is 10.6 Å². The molecular weight excluding hydrogens is 283 g/mol. The van der Waals surface area contributed by atoms with Crippen molar-refractivity contribution in [2.45, 2.75) is 46.1 Å². The number of hydrogen-bond donors (Lipinski definition) is 3. The zero-order valence-electron chi connectivity index (χ0n) is 13.9. The Morgan fingerprint density at radius 2 is 1.95 bits per heavy atom. The third kappa shape index (κ3) is 6.02. The summed E-state index contributed by atoms with van der Waals surface area (Å²) in [5.41, 5.74) is -0.0701. The van der Waals surface area contributed by atoms with Gasteiger partial charge in [-0.25, -0.2) is 9.18 Å². The molecule has 0 saturated carbocycles. The zero-order valence-corrected chi connectivity index (χ0v) is 13.9. The van der Waals surface area contributed by atoms with Crippen molar-refractivity contribution in [3.8, 4) is 0 Å². The smallest absolute Gasteiger partial charge is 0.315 e. The molecular formula is C17H27FN2O2. The molecule has 1 aromatic carbocycles.